The van der Waals surface area contributed by atoms with Crippen LogP contribution in [0.4, 0.5) is 0 Å². The summed E-state index contributed by atoms with van der Waals surface area (Å²) in [6.45, 7) is 1.47. The second-order valence-corrected chi connectivity index (χ2v) is 10.3. The molecule has 6 atom stereocenters. The van der Waals surface area contributed by atoms with Crippen LogP contribution in [0.25, 0.3) is 0 Å². The predicted octanol–water partition coefficient (Wildman–Crippen LogP) is 2.98. The van der Waals surface area contributed by atoms with Crippen LogP contribution in [-0.2, 0) is 19.1 Å². The Hall–Kier alpha value is -0.930. The molecular weight excluding hydrogens is 458 g/mol. The molecule has 34 heavy (non-hydrogen) atoms. The standard InChI is InChI=1S/C9H17NO2.C9H19NO.C7H13NO2.ClH/c1-10(2)8-4-3-5-9(6-8)12-7-11;1-10(2)9-5-3-4-8(6-9)7-11;8-6-2-1-3-7(4-6)10-5-9;/h7-9H,3-6H2,1-2H3;8-9,11H,3-7H2,1-2H3;5-7H,1-4,8H2;1H. The van der Waals surface area contributed by atoms with Gasteiger partial charge in [0, 0.05) is 24.7 Å². The summed E-state index contributed by atoms with van der Waals surface area (Å²) < 4.78 is 9.75. The molecule has 3 saturated carbocycles. The number of nitrogens with zero attached hydrogens (tertiary/aromatic N) is 2. The second-order valence-electron chi connectivity index (χ2n) is 10.3. The van der Waals surface area contributed by atoms with Gasteiger partial charge in [0.25, 0.3) is 12.9 Å². The Labute approximate surface area is 213 Å². The first kappa shape index (κ1) is 33.1. The van der Waals surface area contributed by atoms with Crippen molar-refractivity contribution in [3.8, 4) is 0 Å². The Morgan fingerprint density at radius 1 is 0.765 bits per heavy atom. The minimum absolute atomic E-state index is 0. The number of aliphatic hydroxyl groups excluding tert-OH is 1. The highest BCUT2D eigenvalue weighted by atomic mass is 35.5. The molecule has 0 aromatic heterocycles. The molecule has 0 radical (unpaired) electrons. The van der Waals surface area contributed by atoms with Crippen LogP contribution in [0.15, 0.2) is 0 Å². The van der Waals surface area contributed by atoms with Gasteiger partial charge in [-0.15, -0.1) is 12.4 Å². The maximum atomic E-state index is 10.1. The number of carbonyl (C=O) groups excluding carboxylic acids is 2. The summed E-state index contributed by atoms with van der Waals surface area (Å²) in [7, 11) is 8.41. The molecule has 3 aliphatic rings. The third-order valence-electron chi connectivity index (χ3n) is 7.24. The van der Waals surface area contributed by atoms with Crippen LogP contribution in [0, 0.1) is 5.92 Å². The van der Waals surface area contributed by atoms with Gasteiger partial charge in [0.05, 0.1) is 0 Å². The quantitative estimate of drug-likeness (QED) is 0.506. The Bertz CT molecular complexity index is 527. The fourth-order valence-electron chi connectivity index (χ4n) is 5.07. The lowest BCUT2D eigenvalue weighted by Crippen LogP contribution is -2.36. The third kappa shape index (κ3) is 13.8. The van der Waals surface area contributed by atoms with Crippen molar-refractivity contribution in [2.24, 2.45) is 11.7 Å². The molecule has 3 fully saturated rings. The fourth-order valence-corrected chi connectivity index (χ4v) is 5.07. The zero-order valence-corrected chi connectivity index (χ0v) is 22.6. The van der Waals surface area contributed by atoms with E-state index in [4.69, 9.17) is 20.3 Å². The summed E-state index contributed by atoms with van der Waals surface area (Å²) in [4.78, 5) is 24.5. The highest BCUT2D eigenvalue weighted by molar-refractivity contribution is 5.85. The van der Waals surface area contributed by atoms with Gasteiger partial charge in [-0.2, -0.15) is 0 Å². The predicted molar refractivity (Wildman–Crippen MR) is 138 cm³/mol. The highest BCUT2D eigenvalue weighted by Crippen LogP contribution is 2.26. The number of hydrogen-bond acceptors (Lipinski definition) is 8. The summed E-state index contributed by atoms with van der Waals surface area (Å²) in [6.07, 6.45) is 13.6. The van der Waals surface area contributed by atoms with Gasteiger partial charge in [0.2, 0.25) is 0 Å². The van der Waals surface area contributed by atoms with Gasteiger partial charge in [-0.05, 0) is 105 Å². The first-order valence-electron chi connectivity index (χ1n) is 12.7. The van der Waals surface area contributed by atoms with E-state index < -0.39 is 0 Å². The summed E-state index contributed by atoms with van der Waals surface area (Å²) in [6, 6.07) is 1.53. The molecule has 3 N–H and O–H groups in total. The Morgan fingerprint density at radius 2 is 1.24 bits per heavy atom. The van der Waals surface area contributed by atoms with E-state index in [0.29, 0.717) is 37.6 Å². The SMILES string of the molecule is CN(C)C1CCCC(CO)C1.CN(C)C1CCCC(OC=O)C1.Cl.NC1CCCC(OC=O)C1. The maximum Gasteiger partial charge on any atom is 0.293 e. The average molecular weight is 508 g/mol. The van der Waals surface area contributed by atoms with Crippen molar-refractivity contribution in [3.63, 3.8) is 0 Å². The molecular formula is C25H50ClN3O5. The van der Waals surface area contributed by atoms with Gasteiger partial charge < -0.3 is 30.1 Å². The zero-order chi connectivity index (χ0) is 24.6. The van der Waals surface area contributed by atoms with E-state index in [2.05, 4.69) is 38.0 Å². The van der Waals surface area contributed by atoms with Crippen molar-refractivity contribution in [2.45, 2.75) is 107 Å². The van der Waals surface area contributed by atoms with Gasteiger partial charge in [-0.1, -0.05) is 6.42 Å². The van der Waals surface area contributed by atoms with E-state index in [1.54, 1.807) is 0 Å². The lowest BCUT2D eigenvalue weighted by Gasteiger charge is -2.32. The fraction of sp³-hybridized carbons (Fsp3) is 0.920. The van der Waals surface area contributed by atoms with Crippen LogP contribution >= 0.6 is 12.4 Å². The monoisotopic (exact) mass is 507 g/mol. The molecule has 0 spiro atoms. The maximum absolute atomic E-state index is 10.1. The molecule has 0 bridgehead atoms. The van der Waals surface area contributed by atoms with Crippen molar-refractivity contribution in [3.05, 3.63) is 0 Å². The zero-order valence-electron chi connectivity index (χ0n) is 21.8. The molecule has 0 saturated heterocycles. The Kier molecular flexibility index (Phi) is 18.8. The summed E-state index contributed by atoms with van der Waals surface area (Å²) in [5.41, 5.74) is 5.66. The number of aliphatic hydroxyl groups is 1. The molecule has 3 rings (SSSR count). The molecule has 202 valence electrons. The van der Waals surface area contributed by atoms with Gasteiger partial charge in [-0.25, -0.2) is 0 Å². The van der Waals surface area contributed by atoms with Gasteiger partial charge in [-0.3, -0.25) is 9.59 Å². The minimum Gasteiger partial charge on any atom is -0.465 e. The number of ether oxygens (including phenoxy) is 2. The van der Waals surface area contributed by atoms with Crippen LogP contribution in [-0.4, -0.2) is 93.0 Å². The molecule has 0 aliphatic heterocycles. The highest BCUT2D eigenvalue weighted by Gasteiger charge is 2.24. The molecule has 6 unspecified atom stereocenters. The van der Waals surface area contributed by atoms with Crippen molar-refractivity contribution < 1.29 is 24.2 Å². The van der Waals surface area contributed by atoms with E-state index in [9.17, 15) is 9.59 Å². The van der Waals surface area contributed by atoms with Crippen LogP contribution in [0.1, 0.15) is 77.0 Å². The van der Waals surface area contributed by atoms with E-state index >= 15 is 0 Å². The lowest BCUT2D eigenvalue weighted by molar-refractivity contribution is -0.136. The molecule has 3 aliphatic carbocycles. The average Bonchev–Trinajstić information content (AvgIpc) is 2.81. The number of halogens is 1. The first-order valence-corrected chi connectivity index (χ1v) is 12.7. The Balaban J connectivity index is 0.000000475. The molecule has 8 nitrogen and oxygen atoms in total. The number of carbonyl (C=O) groups is 2. The largest absolute Gasteiger partial charge is 0.465 e. The summed E-state index contributed by atoms with van der Waals surface area (Å²) in [5.74, 6) is 0.566. The van der Waals surface area contributed by atoms with Crippen LogP contribution in [0.3, 0.4) is 0 Å². The lowest BCUT2D eigenvalue weighted by atomic mass is 9.86. The minimum atomic E-state index is 0. The van der Waals surface area contributed by atoms with Gasteiger partial charge in [0.1, 0.15) is 12.2 Å². The van der Waals surface area contributed by atoms with E-state index in [-0.39, 0.29) is 30.7 Å². The summed E-state index contributed by atoms with van der Waals surface area (Å²) >= 11 is 0. The smallest absolute Gasteiger partial charge is 0.293 e. The van der Waals surface area contributed by atoms with Gasteiger partial charge >= 0.3 is 0 Å². The number of rotatable bonds is 7. The van der Waals surface area contributed by atoms with E-state index in [0.717, 1.165) is 38.5 Å². The van der Waals surface area contributed by atoms with Crippen molar-refractivity contribution in [2.75, 3.05) is 34.8 Å². The molecule has 0 aromatic carbocycles. The van der Waals surface area contributed by atoms with Gasteiger partial charge in [0.15, 0.2) is 0 Å². The third-order valence-corrected chi connectivity index (χ3v) is 7.24. The van der Waals surface area contributed by atoms with Crippen LogP contribution in [0.2, 0.25) is 0 Å². The van der Waals surface area contributed by atoms with Crippen molar-refractivity contribution in [1.82, 2.24) is 9.80 Å². The molecule has 9 heteroatoms. The topological polar surface area (TPSA) is 105 Å². The normalized spacial score (nSPS) is 31.1. The van der Waals surface area contributed by atoms with E-state index in [1.165, 1.54) is 38.5 Å². The summed E-state index contributed by atoms with van der Waals surface area (Å²) in [5, 5.41) is 8.97. The first-order chi connectivity index (χ1) is 15.8. The number of nitrogens with two attached hydrogens (primary N) is 1. The molecule has 0 aromatic rings. The molecule has 0 heterocycles. The van der Waals surface area contributed by atoms with Crippen molar-refractivity contribution in [1.29, 1.82) is 0 Å². The Morgan fingerprint density at radius 3 is 1.71 bits per heavy atom. The number of hydrogen-bond donors (Lipinski definition) is 2. The van der Waals surface area contributed by atoms with E-state index in [1.807, 2.05) is 0 Å². The molecule has 0 amide bonds. The van der Waals surface area contributed by atoms with Crippen LogP contribution < -0.4 is 5.73 Å². The second kappa shape index (κ2) is 19.3. The van der Waals surface area contributed by atoms with Crippen molar-refractivity contribution >= 4 is 25.4 Å². The van der Waals surface area contributed by atoms with Crippen LogP contribution in [0.5, 0.6) is 0 Å².